The summed E-state index contributed by atoms with van der Waals surface area (Å²) in [5, 5.41) is 22.0. The van der Waals surface area contributed by atoms with Gasteiger partial charge in [0.15, 0.2) is 5.78 Å². The topological polar surface area (TPSA) is 107 Å². The molecule has 1 heterocycles. The summed E-state index contributed by atoms with van der Waals surface area (Å²) in [6.07, 6.45) is 2.10. The molecule has 1 aromatic carbocycles. The highest BCUT2D eigenvalue weighted by atomic mass is 19.1. The fourth-order valence-corrected chi connectivity index (χ4v) is 4.88. The van der Waals surface area contributed by atoms with E-state index in [1.54, 1.807) is 6.07 Å². The highest BCUT2D eigenvalue weighted by Gasteiger charge is 2.54. The van der Waals surface area contributed by atoms with Crippen LogP contribution < -0.4 is 10.2 Å². The number of benzene rings is 1. The Hall–Kier alpha value is -2.48. The van der Waals surface area contributed by atoms with Crippen molar-refractivity contribution in [2.75, 3.05) is 4.90 Å². The van der Waals surface area contributed by atoms with Crippen LogP contribution in [0.15, 0.2) is 18.2 Å². The minimum absolute atomic E-state index is 0.00110. The van der Waals surface area contributed by atoms with Crippen LogP contribution in [0.5, 0.6) is 0 Å². The van der Waals surface area contributed by atoms with Crippen LogP contribution >= 0.6 is 0 Å². The Bertz CT molecular complexity index is 838. The van der Waals surface area contributed by atoms with Crippen LogP contribution in [0.25, 0.3) is 0 Å². The van der Waals surface area contributed by atoms with Crippen LogP contribution in [0.1, 0.15) is 44.1 Å². The van der Waals surface area contributed by atoms with Gasteiger partial charge in [0, 0.05) is 18.5 Å². The van der Waals surface area contributed by atoms with Crippen LogP contribution in [0.2, 0.25) is 0 Å². The van der Waals surface area contributed by atoms with Gasteiger partial charge in [0.1, 0.15) is 5.82 Å². The molecule has 0 spiro atoms. The van der Waals surface area contributed by atoms with Crippen molar-refractivity contribution in [3.63, 3.8) is 0 Å². The summed E-state index contributed by atoms with van der Waals surface area (Å²) in [6.45, 7) is 0. The zero-order chi connectivity index (χ0) is 20.1. The number of hydrogen-bond acceptors (Lipinski definition) is 4. The maximum atomic E-state index is 13.7. The molecule has 1 aliphatic heterocycles. The van der Waals surface area contributed by atoms with Gasteiger partial charge in [-0.2, -0.15) is 0 Å². The van der Waals surface area contributed by atoms with E-state index in [1.807, 2.05) is 0 Å². The molecule has 4 rings (SSSR count). The molecular formula is C20H23FN2O5. The lowest BCUT2D eigenvalue weighted by atomic mass is 9.85. The smallest absolute Gasteiger partial charge is 0.412 e. The Kier molecular flexibility index (Phi) is 4.61. The molecule has 2 aliphatic carbocycles. The standard InChI is InChI=1S/C20H23FN2O5/c21-12-2-1-11-9-13-14(3-4-15(13)23(19(27)28)16(11)10-12)22-20(7-8-20)17(24)5-6-18(25)26/h1-2,10,13-15,22H,3-9H2,(H,25,26)(H,27,28). The van der Waals surface area contributed by atoms with Crippen LogP contribution in [0.3, 0.4) is 0 Å². The lowest BCUT2D eigenvalue weighted by molar-refractivity contribution is -0.139. The second-order valence-corrected chi connectivity index (χ2v) is 8.09. The average Bonchev–Trinajstić information content (AvgIpc) is 3.32. The number of anilines is 1. The quantitative estimate of drug-likeness (QED) is 0.689. The van der Waals surface area contributed by atoms with Crippen LogP contribution in [-0.4, -0.2) is 45.7 Å². The Morgan fingerprint density at radius 1 is 1.18 bits per heavy atom. The summed E-state index contributed by atoms with van der Waals surface area (Å²) in [5.74, 6) is -1.53. The molecule has 1 aromatic rings. The number of carbonyl (C=O) groups excluding carboxylic acids is 1. The van der Waals surface area contributed by atoms with E-state index in [0.29, 0.717) is 31.4 Å². The van der Waals surface area contributed by atoms with Gasteiger partial charge in [0.25, 0.3) is 0 Å². The lowest BCUT2D eigenvalue weighted by Gasteiger charge is -2.39. The highest BCUT2D eigenvalue weighted by molar-refractivity contribution is 5.93. The molecule has 1 amide bonds. The number of nitrogens with one attached hydrogen (secondary N) is 1. The third-order valence-corrected chi connectivity index (χ3v) is 6.40. The summed E-state index contributed by atoms with van der Waals surface area (Å²) in [6, 6.07) is 3.97. The largest absolute Gasteiger partial charge is 0.481 e. The van der Waals surface area contributed by atoms with Gasteiger partial charge >= 0.3 is 12.1 Å². The second-order valence-electron chi connectivity index (χ2n) is 8.09. The van der Waals surface area contributed by atoms with Gasteiger partial charge in [-0.1, -0.05) is 6.07 Å². The maximum Gasteiger partial charge on any atom is 0.412 e. The number of carboxylic acids is 1. The number of rotatable bonds is 6. The van der Waals surface area contributed by atoms with E-state index in [-0.39, 0.29) is 36.6 Å². The van der Waals surface area contributed by atoms with E-state index < -0.39 is 23.4 Å². The summed E-state index contributed by atoms with van der Waals surface area (Å²) in [4.78, 5) is 36.5. The molecule has 0 aromatic heterocycles. The van der Waals surface area contributed by atoms with Crippen LogP contribution in [0, 0.1) is 11.7 Å². The number of aliphatic carboxylic acids is 1. The number of fused-ring (bicyclic) bond motifs is 2. The van der Waals surface area contributed by atoms with Gasteiger partial charge < -0.3 is 15.5 Å². The van der Waals surface area contributed by atoms with Crippen LogP contribution in [-0.2, 0) is 16.0 Å². The van der Waals surface area contributed by atoms with E-state index in [0.717, 1.165) is 12.0 Å². The van der Waals surface area contributed by atoms with Crippen molar-refractivity contribution >= 4 is 23.5 Å². The Morgan fingerprint density at radius 2 is 1.93 bits per heavy atom. The zero-order valence-electron chi connectivity index (χ0n) is 15.4. The van der Waals surface area contributed by atoms with Gasteiger partial charge in [0.2, 0.25) is 0 Å². The zero-order valence-corrected chi connectivity index (χ0v) is 15.4. The van der Waals surface area contributed by atoms with Crippen molar-refractivity contribution in [3.05, 3.63) is 29.6 Å². The average molecular weight is 390 g/mol. The molecule has 8 heteroatoms. The van der Waals surface area contributed by atoms with Crippen molar-refractivity contribution < 1.29 is 29.0 Å². The first-order valence-electron chi connectivity index (χ1n) is 9.64. The lowest BCUT2D eigenvalue weighted by Crippen LogP contribution is -2.53. The van der Waals surface area contributed by atoms with Crippen molar-refractivity contribution in [2.45, 2.75) is 62.6 Å². The third kappa shape index (κ3) is 3.26. The maximum absolute atomic E-state index is 13.7. The predicted octanol–water partition coefficient (Wildman–Crippen LogP) is 2.57. The molecule has 0 bridgehead atoms. The normalized spacial score (nSPS) is 27.0. The number of ketones is 1. The third-order valence-electron chi connectivity index (χ3n) is 6.40. The first-order valence-corrected chi connectivity index (χ1v) is 9.64. The molecule has 3 aliphatic rings. The number of halogens is 1. The summed E-state index contributed by atoms with van der Waals surface area (Å²) >= 11 is 0. The van der Waals surface area contributed by atoms with Crippen molar-refractivity contribution in [2.24, 2.45) is 5.92 Å². The van der Waals surface area contributed by atoms with Crippen molar-refractivity contribution in [3.8, 4) is 0 Å². The molecule has 3 N–H and O–H groups in total. The molecule has 3 unspecified atom stereocenters. The minimum Gasteiger partial charge on any atom is -0.481 e. The molecule has 3 atom stereocenters. The Labute approximate surface area is 161 Å². The molecule has 2 fully saturated rings. The minimum atomic E-state index is -1.10. The molecule has 0 radical (unpaired) electrons. The van der Waals surface area contributed by atoms with Gasteiger partial charge in [-0.3, -0.25) is 14.5 Å². The SMILES string of the molecule is O=C(O)CCC(=O)C1(NC2CCC3C2Cc2ccc(F)cc2N3C(=O)O)CC1. The first kappa shape index (κ1) is 18.9. The van der Waals surface area contributed by atoms with E-state index in [4.69, 9.17) is 5.11 Å². The number of hydrogen-bond donors (Lipinski definition) is 3. The Balaban J connectivity index is 1.54. The number of carboxylic acid groups (broad SMARTS) is 2. The van der Waals surface area contributed by atoms with E-state index in [9.17, 15) is 23.9 Å². The van der Waals surface area contributed by atoms with Crippen molar-refractivity contribution in [1.29, 1.82) is 0 Å². The van der Waals surface area contributed by atoms with Crippen molar-refractivity contribution in [1.82, 2.24) is 5.32 Å². The summed E-state index contributed by atoms with van der Waals surface area (Å²) < 4.78 is 13.7. The molecule has 2 saturated carbocycles. The fraction of sp³-hybridized carbons (Fsp3) is 0.550. The van der Waals surface area contributed by atoms with Gasteiger partial charge in [-0.05, 0) is 55.7 Å². The number of nitrogens with zero attached hydrogens (tertiary/aromatic N) is 1. The summed E-state index contributed by atoms with van der Waals surface area (Å²) in [5.41, 5.74) is 0.542. The van der Waals surface area contributed by atoms with Gasteiger partial charge in [0.05, 0.1) is 17.6 Å². The molecule has 150 valence electrons. The molecule has 0 saturated heterocycles. The van der Waals surface area contributed by atoms with E-state index in [2.05, 4.69) is 5.32 Å². The summed E-state index contributed by atoms with van der Waals surface area (Å²) in [7, 11) is 0. The second kappa shape index (κ2) is 6.84. The molecule has 28 heavy (non-hydrogen) atoms. The Morgan fingerprint density at radius 3 is 2.57 bits per heavy atom. The monoisotopic (exact) mass is 390 g/mol. The number of amides is 1. The number of carbonyl (C=O) groups is 3. The highest BCUT2D eigenvalue weighted by Crippen LogP contribution is 2.46. The van der Waals surface area contributed by atoms with E-state index >= 15 is 0 Å². The molecular weight excluding hydrogens is 367 g/mol. The van der Waals surface area contributed by atoms with Crippen LogP contribution in [0.4, 0.5) is 14.9 Å². The fourth-order valence-electron chi connectivity index (χ4n) is 4.88. The van der Waals surface area contributed by atoms with E-state index in [1.165, 1.54) is 17.0 Å². The number of Topliss-reactive ketones (excluding diaryl/α,β-unsaturated/α-hetero) is 1. The van der Waals surface area contributed by atoms with Gasteiger partial charge in [-0.15, -0.1) is 0 Å². The molecule has 7 nitrogen and oxygen atoms in total. The first-order chi connectivity index (χ1) is 13.3. The predicted molar refractivity (Wildman–Crippen MR) is 97.9 cm³/mol. The van der Waals surface area contributed by atoms with Gasteiger partial charge in [-0.25, -0.2) is 9.18 Å².